The van der Waals surface area contributed by atoms with Crippen LogP contribution in [0.15, 0.2) is 22.8 Å². The Kier molecular flexibility index (Phi) is 4.02. The molecule has 0 saturated carbocycles. The van der Waals surface area contributed by atoms with Gasteiger partial charge in [0.1, 0.15) is 5.76 Å². The van der Waals surface area contributed by atoms with E-state index < -0.39 is 0 Å². The van der Waals surface area contributed by atoms with E-state index in [-0.39, 0.29) is 0 Å². The molecule has 0 radical (unpaired) electrons. The number of nitrogens with one attached hydrogen (secondary N) is 1. The van der Waals surface area contributed by atoms with Crippen molar-refractivity contribution >= 4 is 0 Å². The van der Waals surface area contributed by atoms with Crippen molar-refractivity contribution in [2.45, 2.75) is 51.3 Å². The van der Waals surface area contributed by atoms with Crippen LogP contribution in [0.5, 0.6) is 0 Å². The lowest BCUT2D eigenvalue weighted by molar-refractivity contribution is 0.0783. The molecular weight excluding hydrogens is 202 g/mol. The van der Waals surface area contributed by atoms with Crippen LogP contribution >= 0.6 is 0 Å². The van der Waals surface area contributed by atoms with Crippen LogP contribution in [0, 0.1) is 0 Å². The van der Waals surface area contributed by atoms with Gasteiger partial charge in [-0.3, -0.25) is 0 Å². The van der Waals surface area contributed by atoms with Gasteiger partial charge in [-0.25, -0.2) is 0 Å². The molecule has 2 rings (SSSR count). The van der Waals surface area contributed by atoms with Crippen molar-refractivity contribution < 1.29 is 9.15 Å². The van der Waals surface area contributed by atoms with E-state index in [9.17, 15) is 0 Å². The Morgan fingerprint density at radius 2 is 2.44 bits per heavy atom. The first kappa shape index (κ1) is 11.7. The number of hydrogen-bond acceptors (Lipinski definition) is 3. The van der Waals surface area contributed by atoms with Crippen LogP contribution < -0.4 is 5.32 Å². The fraction of sp³-hybridized carbons (Fsp3) is 0.692. The molecule has 1 aromatic heterocycles. The van der Waals surface area contributed by atoms with E-state index in [1.165, 1.54) is 12.8 Å². The second-order valence-corrected chi connectivity index (χ2v) is 4.48. The highest BCUT2D eigenvalue weighted by Gasteiger charge is 2.25. The molecule has 1 aliphatic rings. The minimum atomic E-state index is 0.300. The lowest BCUT2D eigenvalue weighted by Crippen LogP contribution is -2.39. The van der Waals surface area contributed by atoms with Gasteiger partial charge < -0.3 is 14.5 Å². The molecule has 0 spiro atoms. The predicted molar refractivity (Wildman–Crippen MR) is 63.3 cm³/mol. The molecule has 3 nitrogen and oxygen atoms in total. The second-order valence-electron chi connectivity index (χ2n) is 4.48. The van der Waals surface area contributed by atoms with Crippen LogP contribution in [0.25, 0.3) is 0 Å². The lowest BCUT2D eigenvalue weighted by atomic mass is 10.1. The van der Waals surface area contributed by atoms with Crippen LogP contribution in [0.4, 0.5) is 0 Å². The molecule has 2 heterocycles. The molecule has 1 N–H and O–H groups in total. The van der Waals surface area contributed by atoms with Gasteiger partial charge >= 0.3 is 0 Å². The average Bonchev–Trinajstić information content (AvgIpc) is 2.96. The summed E-state index contributed by atoms with van der Waals surface area (Å²) in [7, 11) is 0. The summed E-state index contributed by atoms with van der Waals surface area (Å²) in [5, 5.41) is 3.59. The van der Waals surface area contributed by atoms with E-state index in [0.717, 1.165) is 18.8 Å². The van der Waals surface area contributed by atoms with Crippen molar-refractivity contribution in [3.63, 3.8) is 0 Å². The van der Waals surface area contributed by atoms with Crippen molar-refractivity contribution in [2.24, 2.45) is 0 Å². The molecule has 1 fully saturated rings. The minimum absolute atomic E-state index is 0.300. The Balaban J connectivity index is 1.91. The van der Waals surface area contributed by atoms with Crippen LogP contribution in [-0.4, -0.2) is 18.8 Å². The second kappa shape index (κ2) is 5.51. The third-order valence-corrected chi connectivity index (χ3v) is 3.28. The van der Waals surface area contributed by atoms with Crippen LogP contribution in [-0.2, 0) is 4.74 Å². The molecule has 0 aromatic carbocycles. The maximum absolute atomic E-state index is 5.68. The topological polar surface area (TPSA) is 34.4 Å². The van der Waals surface area contributed by atoms with Crippen molar-refractivity contribution in [1.29, 1.82) is 0 Å². The standard InChI is InChI=1S/C13H21NO2/c1-3-11(13-7-5-9-16-13)14-10(2)12-6-4-8-15-12/h5,7,9-12,14H,3-4,6,8H2,1-2H3. The summed E-state index contributed by atoms with van der Waals surface area (Å²) in [6.07, 6.45) is 5.49. The van der Waals surface area contributed by atoms with Crippen molar-refractivity contribution in [1.82, 2.24) is 5.32 Å². The molecular formula is C13H21NO2. The molecule has 3 unspecified atom stereocenters. The predicted octanol–water partition coefficient (Wildman–Crippen LogP) is 2.89. The zero-order chi connectivity index (χ0) is 11.4. The van der Waals surface area contributed by atoms with Crippen LogP contribution in [0.1, 0.15) is 44.9 Å². The maximum atomic E-state index is 5.68. The van der Waals surface area contributed by atoms with Gasteiger partial charge in [0.25, 0.3) is 0 Å². The monoisotopic (exact) mass is 223 g/mol. The molecule has 3 heteroatoms. The quantitative estimate of drug-likeness (QED) is 0.833. The number of furan rings is 1. The summed E-state index contributed by atoms with van der Waals surface area (Å²) in [5.74, 6) is 1.02. The van der Waals surface area contributed by atoms with Crippen LogP contribution in [0.2, 0.25) is 0 Å². The van der Waals surface area contributed by atoms with E-state index in [1.807, 2.05) is 12.1 Å². The Labute approximate surface area is 97.2 Å². The Morgan fingerprint density at radius 1 is 1.56 bits per heavy atom. The van der Waals surface area contributed by atoms with Crippen molar-refractivity contribution in [3.8, 4) is 0 Å². The first-order chi connectivity index (χ1) is 7.81. The maximum Gasteiger partial charge on any atom is 0.120 e. The van der Waals surface area contributed by atoms with Gasteiger partial charge in [-0.15, -0.1) is 0 Å². The zero-order valence-electron chi connectivity index (χ0n) is 10.1. The summed E-state index contributed by atoms with van der Waals surface area (Å²) < 4.78 is 11.1. The molecule has 1 aromatic rings. The van der Waals surface area contributed by atoms with Gasteiger partial charge in [-0.2, -0.15) is 0 Å². The first-order valence-electron chi connectivity index (χ1n) is 6.22. The van der Waals surface area contributed by atoms with E-state index >= 15 is 0 Å². The van der Waals surface area contributed by atoms with E-state index in [2.05, 4.69) is 19.2 Å². The van der Waals surface area contributed by atoms with Gasteiger partial charge in [-0.05, 0) is 38.3 Å². The highest BCUT2D eigenvalue weighted by atomic mass is 16.5. The first-order valence-corrected chi connectivity index (χ1v) is 6.22. The molecule has 3 atom stereocenters. The smallest absolute Gasteiger partial charge is 0.120 e. The van der Waals surface area contributed by atoms with Gasteiger partial charge in [0.15, 0.2) is 0 Å². The van der Waals surface area contributed by atoms with Gasteiger partial charge in [-0.1, -0.05) is 6.92 Å². The molecule has 0 amide bonds. The summed E-state index contributed by atoms with van der Waals surface area (Å²) in [6, 6.07) is 4.66. The average molecular weight is 223 g/mol. The number of ether oxygens (including phenoxy) is 1. The van der Waals surface area contributed by atoms with E-state index in [4.69, 9.17) is 9.15 Å². The fourth-order valence-electron chi connectivity index (χ4n) is 2.31. The zero-order valence-corrected chi connectivity index (χ0v) is 10.1. The largest absolute Gasteiger partial charge is 0.468 e. The molecule has 1 aliphatic heterocycles. The highest BCUT2D eigenvalue weighted by Crippen LogP contribution is 2.21. The third kappa shape index (κ3) is 2.66. The minimum Gasteiger partial charge on any atom is -0.468 e. The van der Waals surface area contributed by atoms with Gasteiger partial charge in [0.2, 0.25) is 0 Å². The number of hydrogen-bond donors (Lipinski definition) is 1. The summed E-state index contributed by atoms with van der Waals surface area (Å²) in [4.78, 5) is 0. The Morgan fingerprint density at radius 3 is 3.00 bits per heavy atom. The molecule has 16 heavy (non-hydrogen) atoms. The Bertz CT molecular complexity index is 291. The Hall–Kier alpha value is -0.800. The molecule has 0 aliphatic carbocycles. The van der Waals surface area contributed by atoms with Crippen LogP contribution in [0.3, 0.4) is 0 Å². The highest BCUT2D eigenvalue weighted by molar-refractivity contribution is 5.04. The van der Waals surface area contributed by atoms with Crippen molar-refractivity contribution in [2.75, 3.05) is 6.61 Å². The van der Waals surface area contributed by atoms with Gasteiger partial charge in [0, 0.05) is 12.6 Å². The van der Waals surface area contributed by atoms with E-state index in [0.29, 0.717) is 18.2 Å². The summed E-state index contributed by atoms with van der Waals surface area (Å²) in [5.41, 5.74) is 0. The van der Waals surface area contributed by atoms with E-state index in [1.54, 1.807) is 6.26 Å². The summed E-state index contributed by atoms with van der Waals surface area (Å²) in [6.45, 7) is 5.28. The molecule has 90 valence electrons. The molecule has 0 bridgehead atoms. The third-order valence-electron chi connectivity index (χ3n) is 3.28. The number of rotatable bonds is 5. The molecule has 1 saturated heterocycles. The summed E-state index contributed by atoms with van der Waals surface area (Å²) >= 11 is 0. The van der Waals surface area contributed by atoms with Crippen molar-refractivity contribution in [3.05, 3.63) is 24.2 Å². The lowest BCUT2D eigenvalue weighted by Gasteiger charge is -2.24. The SMILES string of the molecule is CCC(NC(C)C1CCCO1)c1ccco1. The normalized spacial score (nSPS) is 24.5. The van der Waals surface area contributed by atoms with Gasteiger partial charge in [0.05, 0.1) is 18.4 Å². The fourth-order valence-corrected chi connectivity index (χ4v) is 2.31.